The van der Waals surface area contributed by atoms with Crippen molar-refractivity contribution in [3.05, 3.63) is 53.1 Å². The second kappa shape index (κ2) is 6.34. The van der Waals surface area contributed by atoms with Crippen LogP contribution in [0.5, 0.6) is 0 Å². The molecule has 0 aliphatic carbocycles. The van der Waals surface area contributed by atoms with Crippen LogP contribution in [0.3, 0.4) is 0 Å². The van der Waals surface area contributed by atoms with Crippen molar-refractivity contribution in [2.75, 3.05) is 5.32 Å². The molecule has 6 nitrogen and oxygen atoms in total. The van der Waals surface area contributed by atoms with Gasteiger partial charge >= 0.3 is 5.97 Å². The molecular weight excluding hydrogens is 282 g/mol. The van der Waals surface area contributed by atoms with Gasteiger partial charge in [-0.1, -0.05) is 19.9 Å². The summed E-state index contributed by atoms with van der Waals surface area (Å²) >= 11 is 0. The van der Waals surface area contributed by atoms with E-state index in [-0.39, 0.29) is 17.4 Å². The number of aromatic nitrogens is 2. The van der Waals surface area contributed by atoms with Gasteiger partial charge in [0, 0.05) is 11.9 Å². The average Bonchev–Trinajstić information content (AvgIpc) is 2.49. The van der Waals surface area contributed by atoms with Crippen LogP contribution in [0, 0.1) is 6.92 Å². The highest BCUT2D eigenvalue weighted by Gasteiger charge is 2.17. The van der Waals surface area contributed by atoms with E-state index in [1.165, 1.54) is 24.7 Å². The van der Waals surface area contributed by atoms with E-state index < -0.39 is 5.97 Å². The first-order valence-electron chi connectivity index (χ1n) is 6.85. The second-order valence-corrected chi connectivity index (χ2v) is 5.27. The van der Waals surface area contributed by atoms with Gasteiger partial charge in [0.25, 0.3) is 5.91 Å². The van der Waals surface area contributed by atoms with E-state index in [2.05, 4.69) is 15.3 Å². The number of rotatable bonds is 4. The third-order valence-electron chi connectivity index (χ3n) is 3.27. The van der Waals surface area contributed by atoms with Gasteiger partial charge in [-0.3, -0.25) is 4.79 Å². The lowest BCUT2D eigenvalue weighted by Crippen LogP contribution is -2.17. The van der Waals surface area contributed by atoms with Crippen LogP contribution in [-0.4, -0.2) is 27.0 Å². The van der Waals surface area contributed by atoms with Crippen LogP contribution in [0.4, 0.5) is 5.69 Å². The van der Waals surface area contributed by atoms with E-state index in [0.717, 1.165) is 5.56 Å². The number of hydrogen-bond donors (Lipinski definition) is 2. The fraction of sp³-hybridized carbons (Fsp3) is 0.250. The summed E-state index contributed by atoms with van der Waals surface area (Å²) in [6.07, 6.45) is 2.87. The number of carbonyl (C=O) groups excluding carboxylic acids is 1. The van der Waals surface area contributed by atoms with Crippen molar-refractivity contribution in [2.24, 2.45) is 0 Å². The monoisotopic (exact) mass is 299 g/mol. The van der Waals surface area contributed by atoms with Gasteiger partial charge in [0.05, 0.1) is 16.8 Å². The predicted octanol–water partition coefficient (Wildman–Crippen LogP) is 2.86. The highest BCUT2D eigenvalue weighted by atomic mass is 16.4. The first-order valence-corrected chi connectivity index (χ1v) is 6.85. The molecule has 2 rings (SSSR count). The molecule has 0 radical (unpaired) electrons. The molecule has 0 aliphatic rings. The Balaban J connectivity index is 2.34. The lowest BCUT2D eigenvalue weighted by molar-refractivity contribution is 0.0696. The number of carbonyl (C=O) groups is 2. The molecule has 1 heterocycles. The number of carboxylic acid groups (broad SMARTS) is 1. The minimum Gasteiger partial charge on any atom is -0.478 e. The number of nitrogens with one attached hydrogen (secondary N) is 1. The smallest absolute Gasteiger partial charge is 0.335 e. The molecule has 1 amide bonds. The Morgan fingerprint density at radius 1 is 1.27 bits per heavy atom. The number of nitrogens with zero attached hydrogens (tertiary/aromatic N) is 2. The zero-order valence-electron chi connectivity index (χ0n) is 12.6. The van der Waals surface area contributed by atoms with E-state index in [1.54, 1.807) is 13.0 Å². The topological polar surface area (TPSA) is 92.2 Å². The maximum Gasteiger partial charge on any atom is 0.335 e. The summed E-state index contributed by atoms with van der Waals surface area (Å²) in [5, 5.41) is 11.8. The summed E-state index contributed by atoms with van der Waals surface area (Å²) in [7, 11) is 0. The molecule has 6 heteroatoms. The Kier molecular flexibility index (Phi) is 4.50. The minimum atomic E-state index is -1.04. The lowest BCUT2D eigenvalue weighted by atomic mass is 10.0. The van der Waals surface area contributed by atoms with Crippen molar-refractivity contribution in [1.29, 1.82) is 0 Å². The van der Waals surface area contributed by atoms with Crippen LogP contribution in [0.15, 0.2) is 30.7 Å². The Morgan fingerprint density at radius 3 is 2.64 bits per heavy atom. The Morgan fingerprint density at radius 2 is 2.00 bits per heavy atom. The molecule has 0 bridgehead atoms. The van der Waals surface area contributed by atoms with Gasteiger partial charge in [-0.15, -0.1) is 0 Å². The van der Waals surface area contributed by atoms with Crippen LogP contribution >= 0.6 is 0 Å². The molecule has 2 N–H and O–H groups in total. The van der Waals surface area contributed by atoms with E-state index in [1.807, 2.05) is 13.8 Å². The maximum atomic E-state index is 12.4. The number of aryl methyl sites for hydroxylation is 1. The van der Waals surface area contributed by atoms with Crippen molar-refractivity contribution in [3.8, 4) is 0 Å². The third-order valence-corrected chi connectivity index (χ3v) is 3.27. The highest BCUT2D eigenvalue weighted by Crippen LogP contribution is 2.20. The summed E-state index contributed by atoms with van der Waals surface area (Å²) in [5.41, 5.74) is 2.40. The quantitative estimate of drug-likeness (QED) is 0.905. The van der Waals surface area contributed by atoms with Gasteiger partial charge in [0.1, 0.15) is 6.33 Å². The lowest BCUT2D eigenvalue weighted by Gasteiger charge is -2.12. The molecule has 1 aromatic carbocycles. The Labute approximate surface area is 128 Å². The Bertz CT molecular complexity index is 726. The first-order chi connectivity index (χ1) is 10.4. The third kappa shape index (κ3) is 3.28. The van der Waals surface area contributed by atoms with E-state index in [9.17, 15) is 9.59 Å². The van der Waals surface area contributed by atoms with E-state index in [4.69, 9.17) is 5.11 Å². The molecule has 2 aromatic rings. The Hall–Kier alpha value is -2.76. The summed E-state index contributed by atoms with van der Waals surface area (Å²) in [4.78, 5) is 31.5. The molecule has 1 aromatic heterocycles. The molecule has 114 valence electrons. The van der Waals surface area contributed by atoms with E-state index in [0.29, 0.717) is 16.9 Å². The number of aromatic carboxylic acids is 1. The highest BCUT2D eigenvalue weighted by molar-refractivity contribution is 6.05. The second-order valence-electron chi connectivity index (χ2n) is 5.27. The summed E-state index contributed by atoms with van der Waals surface area (Å²) in [6.45, 7) is 5.68. The molecular formula is C16H17N3O3. The summed E-state index contributed by atoms with van der Waals surface area (Å²) in [6, 6.07) is 4.59. The van der Waals surface area contributed by atoms with Gasteiger partial charge in [-0.2, -0.15) is 0 Å². The SMILES string of the molecule is Cc1ccc(C(=O)O)cc1NC(=O)c1cncnc1C(C)C. The number of anilines is 1. The normalized spacial score (nSPS) is 10.5. The molecule has 0 saturated heterocycles. The van der Waals surface area contributed by atoms with Crippen LogP contribution in [-0.2, 0) is 0 Å². The predicted molar refractivity (Wildman–Crippen MR) is 82.2 cm³/mol. The summed E-state index contributed by atoms with van der Waals surface area (Å²) in [5.74, 6) is -1.31. The van der Waals surface area contributed by atoms with Crippen LogP contribution in [0.25, 0.3) is 0 Å². The molecule has 0 atom stereocenters. The molecule has 0 fully saturated rings. The molecule has 0 spiro atoms. The minimum absolute atomic E-state index is 0.0789. The molecule has 0 unspecified atom stereocenters. The zero-order chi connectivity index (χ0) is 16.3. The van der Waals surface area contributed by atoms with Gasteiger partial charge in [-0.25, -0.2) is 14.8 Å². The largest absolute Gasteiger partial charge is 0.478 e. The van der Waals surface area contributed by atoms with Crippen molar-refractivity contribution in [2.45, 2.75) is 26.7 Å². The number of hydrogen-bond acceptors (Lipinski definition) is 4. The number of amides is 1. The van der Waals surface area contributed by atoms with Gasteiger partial charge in [0.2, 0.25) is 0 Å². The van der Waals surface area contributed by atoms with Crippen molar-refractivity contribution >= 4 is 17.6 Å². The summed E-state index contributed by atoms with van der Waals surface area (Å²) < 4.78 is 0. The van der Waals surface area contributed by atoms with Crippen molar-refractivity contribution in [3.63, 3.8) is 0 Å². The molecule has 0 aliphatic heterocycles. The van der Waals surface area contributed by atoms with Crippen molar-refractivity contribution < 1.29 is 14.7 Å². The first kappa shape index (κ1) is 15.6. The maximum absolute atomic E-state index is 12.4. The van der Waals surface area contributed by atoms with Gasteiger partial charge in [-0.05, 0) is 30.5 Å². The van der Waals surface area contributed by atoms with Gasteiger partial charge < -0.3 is 10.4 Å². The number of benzene rings is 1. The van der Waals surface area contributed by atoms with Crippen molar-refractivity contribution in [1.82, 2.24) is 9.97 Å². The fourth-order valence-electron chi connectivity index (χ4n) is 2.05. The average molecular weight is 299 g/mol. The fourth-order valence-corrected chi connectivity index (χ4v) is 2.05. The standard InChI is InChI=1S/C16H17N3O3/c1-9(2)14-12(7-17-8-18-14)15(20)19-13-6-11(16(21)22)5-4-10(13)3/h4-9H,1-3H3,(H,19,20)(H,21,22). The van der Waals surface area contributed by atoms with Crippen LogP contribution in [0.1, 0.15) is 51.7 Å². The van der Waals surface area contributed by atoms with Gasteiger partial charge in [0.15, 0.2) is 0 Å². The molecule has 22 heavy (non-hydrogen) atoms. The van der Waals surface area contributed by atoms with Crippen LogP contribution in [0.2, 0.25) is 0 Å². The zero-order valence-corrected chi connectivity index (χ0v) is 12.6. The molecule has 0 saturated carbocycles. The van der Waals surface area contributed by atoms with E-state index >= 15 is 0 Å². The number of carboxylic acids is 1. The van der Waals surface area contributed by atoms with Crippen LogP contribution < -0.4 is 5.32 Å².